The monoisotopic (exact) mass is 451 g/mol. The molecule has 0 aliphatic carbocycles. The van der Waals surface area contributed by atoms with Gasteiger partial charge < -0.3 is 10.2 Å². The van der Waals surface area contributed by atoms with Crippen molar-refractivity contribution >= 4 is 31.7 Å². The molecule has 0 aliphatic heterocycles. The number of aliphatic carboxylic acids is 2. The van der Waals surface area contributed by atoms with E-state index in [0.29, 0.717) is 0 Å². The molecule has 0 spiro atoms. The Balaban J connectivity index is 0. The summed E-state index contributed by atoms with van der Waals surface area (Å²) in [6.07, 6.45) is 8.55. The van der Waals surface area contributed by atoms with E-state index in [-0.39, 0.29) is 12.3 Å². The second-order valence-corrected chi connectivity index (χ2v) is 15.4. The third-order valence-electron chi connectivity index (χ3n) is 4.17. The van der Waals surface area contributed by atoms with Crippen molar-refractivity contribution in [2.24, 2.45) is 11.8 Å². The Morgan fingerprint density at radius 1 is 0.833 bits per heavy atom. The molecule has 0 bridgehead atoms. The molecule has 0 fully saturated rings. The van der Waals surface area contributed by atoms with E-state index in [1.165, 1.54) is 38.5 Å². The summed E-state index contributed by atoms with van der Waals surface area (Å²) in [7, 11) is 0. The van der Waals surface area contributed by atoms with Crippen molar-refractivity contribution in [2.75, 3.05) is 0 Å². The van der Waals surface area contributed by atoms with E-state index >= 15 is 0 Å². The van der Waals surface area contributed by atoms with Crippen LogP contribution in [0.3, 0.4) is 0 Å². The molecule has 1 unspecified atom stereocenters. The van der Waals surface area contributed by atoms with Crippen LogP contribution in [0.5, 0.6) is 0 Å². The van der Waals surface area contributed by atoms with E-state index in [0.717, 1.165) is 0 Å². The van der Waals surface area contributed by atoms with Crippen molar-refractivity contribution in [3.8, 4) is 0 Å². The van der Waals surface area contributed by atoms with Gasteiger partial charge in [0.2, 0.25) is 0 Å². The number of rotatable bonds is 13. The van der Waals surface area contributed by atoms with Crippen LogP contribution in [0.1, 0.15) is 79.6 Å². The minimum absolute atomic E-state index is 0.136. The number of carboxylic acid groups (broad SMARTS) is 2. The molecule has 0 heterocycles. The maximum absolute atomic E-state index is 10.4. The minimum atomic E-state index is -1.06. The fourth-order valence-corrected chi connectivity index (χ4v) is 11.9. The molecule has 0 amide bonds. The van der Waals surface area contributed by atoms with Crippen molar-refractivity contribution in [1.82, 2.24) is 0 Å². The third kappa shape index (κ3) is 16.6. The second-order valence-electron chi connectivity index (χ2n) is 6.85. The topological polar surface area (TPSA) is 74.6 Å². The maximum atomic E-state index is 10.4. The molecule has 0 aromatic heterocycles. The van der Waals surface area contributed by atoms with Gasteiger partial charge in [0, 0.05) is 0 Å². The first-order valence-electron chi connectivity index (χ1n) is 9.58. The first-order valence-corrected chi connectivity index (χ1v) is 15.6. The van der Waals surface area contributed by atoms with Crippen LogP contribution >= 0.6 is 0 Å². The molecule has 143 valence electrons. The summed E-state index contributed by atoms with van der Waals surface area (Å²) in [6, 6.07) is 0. The first-order chi connectivity index (χ1) is 11.3. The number of carbonyl (C=O) groups is 2. The summed E-state index contributed by atoms with van der Waals surface area (Å²) < 4.78 is 5.04. The summed E-state index contributed by atoms with van der Waals surface area (Å²) in [5, 5.41) is 16.8. The SMILES string of the molecule is CC(C)C(CC(=O)O)C(=O)O.CCC[CH2][Sn]([CH2]CCC)[CH2]CCC. The van der Waals surface area contributed by atoms with E-state index in [9.17, 15) is 9.59 Å². The zero-order chi connectivity index (χ0) is 19.0. The van der Waals surface area contributed by atoms with Gasteiger partial charge in [0.05, 0.1) is 12.3 Å². The predicted octanol–water partition coefficient (Wildman–Crippen LogP) is 5.70. The van der Waals surface area contributed by atoms with E-state index in [4.69, 9.17) is 10.2 Å². The average molecular weight is 450 g/mol. The third-order valence-corrected chi connectivity index (χ3v) is 13.2. The van der Waals surface area contributed by atoms with Crippen molar-refractivity contribution in [3.05, 3.63) is 0 Å². The zero-order valence-corrected chi connectivity index (χ0v) is 19.3. The molecule has 0 aromatic carbocycles. The van der Waals surface area contributed by atoms with E-state index in [1.807, 2.05) is 0 Å². The van der Waals surface area contributed by atoms with Crippen LogP contribution < -0.4 is 0 Å². The van der Waals surface area contributed by atoms with Gasteiger partial charge in [-0.2, -0.15) is 0 Å². The van der Waals surface area contributed by atoms with Gasteiger partial charge in [0.1, 0.15) is 0 Å². The fourth-order valence-electron chi connectivity index (χ4n) is 2.45. The van der Waals surface area contributed by atoms with Crippen molar-refractivity contribution < 1.29 is 19.8 Å². The second kappa shape index (κ2) is 17.6. The van der Waals surface area contributed by atoms with Crippen LogP contribution in [-0.4, -0.2) is 41.9 Å². The normalized spacial score (nSPS) is 12.0. The Morgan fingerprint density at radius 2 is 1.21 bits per heavy atom. The average Bonchev–Trinajstić information content (AvgIpc) is 2.51. The van der Waals surface area contributed by atoms with E-state index in [1.54, 1.807) is 27.2 Å². The zero-order valence-electron chi connectivity index (χ0n) is 16.4. The Morgan fingerprint density at radius 3 is 1.38 bits per heavy atom. The molecular weight excluding hydrogens is 411 g/mol. The van der Waals surface area contributed by atoms with Crippen molar-refractivity contribution in [2.45, 2.75) is 92.9 Å². The van der Waals surface area contributed by atoms with Crippen LogP contribution in [-0.2, 0) is 9.59 Å². The molecule has 5 heteroatoms. The molecular formula is C19H39O4Sn. The summed E-state index contributed by atoms with van der Waals surface area (Å²) in [6.45, 7) is 10.4. The molecule has 24 heavy (non-hydrogen) atoms. The molecule has 2 N–H and O–H groups in total. The summed E-state index contributed by atoms with van der Waals surface area (Å²) >= 11 is -0.839. The Bertz CT molecular complexity index is 299. The van der Waals surface area contributed by atoms with Gasteiger partial charge in [-0.3, -0.25) is 9.59 Å². The van der Waals surface area contributed by atoms with E-state index < -0.39 is 37.6 Å². The number of hydrogen-bond acceptors (Lipinski definition) is 2. The Labute approximate surface area is 156 Å². The molecule has 0 rings (SSSR count). The molecule has 1 radical (unpaired) electrons. The first kappa shape index (κ1) is 26.0. The molecule has 0 saturated carbocycles. The van der Waals surface area contributed by atoms with E-state index in [2.05, 4.69) is 20.8 Å². The van der Waals surface area contributed by atoms with Crippen LogP contribution in [0, 0.1) is 11.8 Å². The van der Waals surface area contributed by atoms with Crippen LogP contribution in [0.4, 0.5) is 0 Å². The van der Waals surface area contributed by atoms with Crippen LogP contribution in [0.2, 0.25) is 13.3 Å². The van der Waals surface area contributed by atoms with Crippen molar-refractivity contribution in [3.63, 3.8) is 0 Å². The summed E-state index contributed by atoms with van der Waals surface area (Å²) in [5.41, 5.74) is 0. The summed E-state index contributed by atoms with van der Waals surface area (Å²) in [5.74, 6) is -3.01. The van der Waals surface area contributed by atoms with Gasteiger partial charge in [-0.15, -0.1) is 0 Å². The van der Waals surface area contributed by atoms with Gasteiger partial charge >= 0.3 is 104 Å². The number of carboxylic acids is 2. The quantitative estimate of drug-likeness (QED) is 0.353. The van der Waals surface area contributed by atoms with Crippen LogP contribution in [0.25, 0.3) is 0 Å². The van der Waals surface area contributed by atoms with Crippen molar-refractivity contribution in [1.29, 1.82) is 0 Å². The molecule has 1 atom stereocenters. The number of hydrogen-bond donors (Lipinski definition) is 2. The molecule has 0 aromatic rings. The molecule has 4 nitrogen and oxygen atoms in total. The standard InChI is InChI=1S/C7H12O4.3C4H9.Sn/c1-4(2)5(7(10)11)3-6(8)9;3*1-3-4-2;/h4-5H,3H2,1-2H3,(H,8,9)(H,10,11);3*1,3-4H2,2H3;. The van der Waals surface area contributed by atoms with Gasteiger partial charge in [-0.1, -0.05) is 13.8 Å². The summed E-state index contributed by atoms with van der Waals surface area (Å²) in [4.78, 5) is 20.6. The Hall–Kier alpha value is -0.261. The predicted molar refractivity (Wildman–Crippen MR) is 103 cm³/mol. The van der Waals surface area contributed by atoms with Gasteiger partial charge in [-0.25, -0.2) is 0 Å². The van der Waals surface area contributed by atoms with Gasteiger partial charge in [-0.05, 0) is 5.92 Å². The van der Waals surface area contributed by atoms with Gasteiger partial charge in [0.15, 0.2) is 0 Å². The van der Waals surface area contributed by atoms with Crippen LogP contribution in [0.15, 0.2) is 0 Å². The Kier molecular flexibility index (Phi) is 19.0. The fraction of sp³-hybridized carbons (Fsp3) is 0.895. The van der Waals surface area contributed by atoms with Gasteiger partial charge in [0.25, 0.3) is 0 Å². The molecule has 0 saturated heterocycles. The number of unbranched alkanes of at least 4 members (excludes halogenated alkanes) is 3. The molecule has 0 aliphatic rings.